The normalized spacial score (nSPS) is 10.4. The Morgan fingerprint density at radius 2 is 2.00 bits per heavy atom. The van der Waals surface area contributed by atoms with Gasteiger partial charge in [-0.15, -0.1) is 0 Å². The molecule has 94 valence electrons. The van der Waals surface area contributed by atoms with Crippen LogP contribution in [0.4, 0.5) is 4.39 Å². The van der Waals surface area contributed by atoms with Gasteiger partial charge < -0.3 is 9.30 Å². The maximum atomic E-state index is 13.2. The summed E-state index contributed by atoms with van der Waals surface area (Å²) in [5.74, 6) is 0.0860. The summed E-state index contributed by atoms with van der Waals surface area (Å²) in [7, 11) is 1.49. The van der Waals surface area contributed by atoms with Crippen LogP contribution in [0.5, 0.6) is 5.75 Å². The molecule has 0 N–H and O–H groups in total. The van der Waals surface area contributed by atoms with Crippen molar-refractivity contribution < 1.29 is 13.9 Å². The van der Waals surface area contributed by atoms with Gasteiger partial charge in [-0.2, -0.15) is 0 Å². The Kier molecular flexibility index (Phi) is 3.19. The number of aryl methyl sites for hydroxylation is 1. The average Bonchev–Trinajstić information content (AvgIpc) is 2.64. The van der Waals surface area contributed by atoms with Crippen molar-refractivity contribution in [1.29, 1.82) is 0 Å². The van der Waals surface area contributed by atoms with Gasteiger partial charge in [0.15, 0.2) is 6.29 Å². The second kappa shape index (κ2) is 4.64. The highest BCUT2D eigenvalue weighted by atomic mass is 19.1. The molecule has 0 bridgehead atoms. The SMILES string of the molecule is COc1cc(F)ccc1-n1c(C)cc(C=O)c1C. The lowest BCUT2D eigenvalue weighted by Gasteiger charge is -2.13. The summed E-state index contributed by atoms with van der Waals surface area (Å²) in [6, 6.07) is 6.14. The monoisotopic (exact) mass is 247 g/mol. The third kappa shape index (κ3) is 1.90. The molecule has 0 aliphatic rings. The Labute approximate surface area is 105 Å². The molecule has 1 heterocycles. The minimum atomic E-state index is -0.353. The van der Waals surface area contributed by atoms with Crippen LogP contribution in [0.3, 0.4) is 0 Å². The van der Waals surface area contributed by atoms with Gasteiger partial charge in [0.25, 0.3) is 0 Å². The number of halogens is 1. The van der Waals surface area contributed by atoms with Gasteiger partial charge in [-0.3, -0.25) is 4.79 Å². The Hall–Kier alpha value is -2.10. The first kappa shape index (κ1) is 12.4. The molecule has 0 atom stereocenters. The molecule has 1 aromatic heterocycles. The van der Waals surface area contributed by atoms with Crippen LogP contribution in [0, 0.1) is 19.7 Å². The summed E-state index contributed by atoms with van der Waals surface area (Å²) in [6.07, 6.45) is 0.814. The highest BCUT2D eigenvalue weighted by Crippen LogP contribution is 2.28. The molecule has 18 heavy (non-hydrogen) atoms. The van der Waals surface area contributed by atoms with Gasteiger partial charge in [-0.05, 0) is 32.0 Å². The molecule has 2 rings (SSSR count). The second-order valence-corrected chi connectivity index (χ2v) is 4.10. The molecule has 0 fully saturated rings. The van der Waals surface area contributed by atoms with Crippen LogP contribution >= 0.6 is 0 Å². The molecule has 0 saturated heterocycles. The molecule has 4 heteroatoms. The zero-order valence-corrected chi connectivity index (χ0v) is 10.5. The molecule has 0 spiro atoms. The molecule has 0 aliphatic carbocycles. The van der Waals surface area contributed by atoms with Crippen LogP contribution in [0.15, 0.2) is 24.3 Å². The summed E-state index contributed by atoms with van der Waals surface area (Å²) < 4.78 is 20.2. The van der Waals surface area contributed by atoms with Gasteiger partial charge in [-0.25, -0.2) is 4.39 Å². The predicted molar refractivity (Wildman–Crippen MR) is 67.1 cm³/mol. The van der Waals surface area contributed by atoms with Crippen LogP contribution in [-0.2, 0) is 0 Å². The van der Waals surface area contributed by atoms with E-state index in [1.54, 1.807) is 12.1 Å². The lowest BCUT2D eigenvalue weighted by Crippen LogP contribution is -2.02. The number of carbonyl (C=O) groups excluding carboxylic acids is 1. The van der Waals surface area contributed by atoms with E-state index in [-0.39, 0.29) is 5.82 Å². The quantitative estimate of drug-likeness (QED) is 0.780. The summed E-state index contributed by atoms with van der Waals surface area (Å²) in [5, 5.41) is 0. The van der Waals surface area contributed by atoms with Gasteiger partial charge in [0.1, 0.15) is 11.6 Å². The van der Waals surface area contributed by atoms with Crippen molar-refractivity contribution in [2.24, 2.45) is 0 Å². The Morgan fingerprint density at radius 1 is 1.28 bits per heavy atom. The molecule has 1 aromatic carbocycles. The van der Waals surface area contributed by atoms with Gasteiger partial charge >= 0.3 is 0 Å². The fourth-order valence-electron chi connectivity index (χ4n) is 2.11. The average molecular weight is 247 g/mol. The Balaban J connectivity index is 2.69. The van der Waals surface area contributed by atoms with E-state index in [1.165, 1.54) is 19.2 Å². The first-order valence-electron chi connectivity index (χ1n) is 5.56. The van der Waals surface area contributed by atoms with Crippen molar-refractivity contribution in [1.82, 2.24) is 4.57 Å². The minimum absolute atomic E-state index is 0.353. The zero-order chi connectivity index (χ0) is 13.3. The summed E-state index contributed by atoms with van der Waals surface area (Å²) >= 11 is 0. The zero-order valence-electron chi connectivity index (χ0n) is 10.5. The number of carbonyl (C=O) groups is 1. The van der Waals surface area contributed by atoms with Crippen molar-refractivity contribution in [3.8, 4) is 11.4 Å². The minimum Gasteiger partial charge on any atom is -0.494 e. The lowest BCUT2D eigenvalue weighted by atomic mass is 10.2. The molecule has 0 amide bonds. The first-order chi connectivity index (χ1) is 8.58. The van der Waals surface area contributed by atoms with E-state index in [1.807, 2.05) is 18.4 Å². The number of nitrogens with zero attached hydrogens (tertiary/aromatic N) is 1. The molecular formula is C14H14FNO2. The van der Waals surface area contributed by atoms with Crippen LogP contribution < -0.4 is 4.74 Å². The number of ether oxygens (including phenoxy) is 1. The van der Waals surface area contributed by atoms with Gasteiger partial charge in [0, 0.05) is 23.0 Å². The molecule has 0 aliphatic heterocycles. The summed E-state index contributed by atoms with van der Waals surface area (Å²) in [5.41, 5.74) is 3.06. The third-order valence-corrected chi connectivity index (χ3v) is 2.98. The maximum Gasteiger partial charge on any atom is 0.151 e. The Morgan fingerprint density at radius 3 is 2.56 bits per heavy atom. The van der Waals surface area contributed by atoms with Crippen LogP contribution in [0.1, 0.15) is 21.7 Å². The smallest absolute Gasteiger partial charge is 0.151 e. The molecule has 0 radical (unpaired) electrons. The number of hydrogen-bond donors (Lipinski definition) is 0. The van der Waals surface area contributed by atoms with Crippen molar-refractivity contribution in [3.63, 3.8) is 0 Å². The Bertz CT molecular complexity index is 602. The van der Waals surface area contributed by atoms with E-state index in [2.05, 4.69) is 0 Å². The number of methoxy groups -OCH3 is 1. The maximum absolute atomic E-state index is 13.2. The first-order valence-corrected chi connectivity index (χ1v) is 5.56. The highest BCUT2D eigenvalue weighted by molar-refractivity contribution is 5.78. The predicted octanol–water partition coefficient (Wildman–Crippen LogP) is 3.05. The number of aldehydes is 1. The molecular weight excluding hydrogens is 233 g/mol. The van der Waals surface area contributed by atoms with Crippen molar-refractivity contribution >= 4 is 6.29 Å². The second-order valence-electron chi connectivity index (χ2n) is 4.10. The van der Waals surface area contributed by atoms with Gasteiger partial charge in [-0.1, -0.05) is 0 Å². The van der Waals surface area contributed by atoms with E-state index >= 15 is 0 Å². The van der Waals surface area contributed by atoms with Crippen molar-refractivity contribution in [3.05, 3.63) is 47.0 Å². The van der Waals surface area contributed by atoms with E-state index in [0.29, 0.717) is 11.3 Å². The molecule has 2 aromatic rings. The highest BCUT2D eigenvalue weighted by Gasteiger charge is 2.14. The number of aromatic nitrogens is 1. The largest absolute Gasteiger partial charge is 0.494 e. The van der Waals surface area contributed by atoms with E-state index < -0.39 is 0 Å². The van der Waals surface area contributed by atoms with Crippen molar-refractivity contribution in [2.75, 3.05) is 7.11 Å². The van der Waals surface area contributed by atoms with Gasteiger partial charge in [0.2, 0.25) is 0 Å². The number of hydrogen-bond acceptors (Lipinski definition) is 2. The van der Waals surface area contributed by atoms with E-state index in [4.69, 9.17) is 4.74 Å². The summed E-state index contributed by atoms with van der Waals surface area (Å²) in [6.45, 7) is 3.74. The molecule has 3 nitrogen and oxygen atoms in total. The molecule has 0 unspecified atom stereocenters. The topological polar surface area (TPSA) is 31.2 Å². The summed E-state index contributed by atoms with van der Waals surface area (Å²) in [4.78, 5) is 10.9. The van der Waals surface area contributed by atoms with Crippen LogP contribution in [0.25, 0.3) is 5.69 Å². The number of rotatable bonds is 3. The fourth-order valence-corrected chi connectivity index (χ4v) is 2.11. The van der Waals surface area contributed by atoms with Crippen LogP contribution in [0.2, 0.25) is 0 Å². The van der Waals surface area contributed by atoms with Gasteiger partial charge in [0.05, 0.1) is 12.8 Å². The van der Waals surface area contributed by atoms with E-state index in [9.17, 15) is 9.18 Å². The third-order valence-electron chi connectivity index (χ3n) is 2.98. The standard InChI is InChI=1S/C14H14FNO2/c1-9-6-11(8-17)10(2)16(9)13-5-4-12(15)7-14(13)18-3/h4-8H,1-3H3. The lowest BCUT2D eigenvalue weighted by molar-refractivity contribution is 0.112. The van der Waals surface area contributed by atoms with Crippen LogP contribution in [-0.4, -0.2) is 18.0 Å². The fraction of sp³-hybridized carbons (Fsp3) is 0.214. The van der Waals surface area contributed by atoms with E-state index in [0.717, 1.165) is 23.4 Å². The molecule has 0 saturated carbocycles. The van der Waals surface area contributed by atoms with Crippen molar-refractivity contribution in [2.45, 2.75) is 13.8 Å². The number of benzene rings is 1.